The second kappa shape index (κ2) is 6.30. The molecule has 5 nitrogen and oxygen atoms in total. The summed E-state index contributed by atoms with van der Waals surface area (Å²) >= 11 is 0. The number of methoxy groups -OCH3 is 1. The normalized spacial score (nSPS) is 10.1. The molecule has 114 valence electrons. The number of rotatable bonds is 4. The summed E-state index contributed by atoms with van der Waals surface area (Å²) in [4.78, 5) is 23.2. The third kappa shape index (κ3) is 3.09. The number of para-hydroxylation sites is 1. The van der Waals surface area contributed by atoms with Crippen LogP contribution in [-0.2, 0) is 4.74 Å². The fourth-order valence-electron chi connectivity index (χ4n) is 2.12. The van der Waals surface area contributed by atoms with Crippen LogP contribution in [-0.4, -0.2) is 24.2 Å². The summed E-state index contributed by atoms with van der Waals surface area (Å²) in [5.41, 5.74) is 3.29. The first kappa shape index (κ1) is 15.6. The van der Waals surface area contributed by atoms with Crippen LogP contribution in [0.4, 0.5) is 11.4 Å². The van der Waals surface area contributed by atoms with E-state index in [0.717, 1.165) is 11.1 Å². The Kier molecular flexibility index (Phi) is 4.46. The third-order valence-electron chi connectivity index (χ3n) is 3.47. The number of hydrogen-bond acceptors (Lipinski definition) is 4. The van der Waals surface area contributed by atoms with Crippen LogP contribution in [0.25, 0.3) is 0 Å². The molecule has 2 aromatic carbocycles. The summed E-state index contributed by atoms with van der Waals surface area (Å²) < 4.78 is 4.74. The lowest BCUT2D eigenvalue weighted by molar-refractivity contribution is 0.0601. The summed E-state index contributed by atoms with van der Waals surface area (Å²) in [5, 5.41) is 12.4. The zero-order valence-electron chi connectivity index (χ0n) is 12.6. The number of aromatic carboxylic acids is 1. The van der Waals surface area contributed by atoms with Crippen molar-refractivity contribution in [2.75, 3.05) is 12.4 Å². The van der Waals surface area contributed by atoms with Gasteiger partial charge in [-0.25, -0.2) is 9.59 Å². The number of esters is 1. The first-order valence-electron chi connectivity index (χ1n) is 6.73. The molecule has 2 aromatic rings. The number of carboxylic acid groups (broad SMARTS) is 1. The van der Waals surface area contributed by atoms with E-state index in [1.54, 1.807) is 36.4 Å². The van der Waals surface area contributed by atoms with Gasteiger partial charge < -0.3 is 15.2 Å². The Balaban J connectivity index is 2.50. The SMILES string of the molecule is COC(=O)c1ccccc1Nc1cc(C)c(C)cc1C(=O)O. The summed E-state index contributed by atoms with van der Waals surface area (Å²) in [5.74, 6) is -1.51. The zero-order valence-corrected chi connectivity index (χ0v) is 12.6. The highest BCUT2D eigenvalue weighted by molar-refractivity contribution is 5.99. The number of nitrogens with one attached hydrogen (secondary N) is 1. The molecule has 5 heteroatoms. The van der Waals surface area contributed by atoms with Gasteiger partial charge in [0.05, 0.1) is 29.6 Å². The zero-order chi connectivity index (χ0) is 16.3. The number of carboxylic acids is 1. The van der Waals surface area contributed by atoms with Gasteiger partial charge in [-0.2, -0.15) is 0 Å². The maximum atomic E-state index is 11.8. The Morgan fingerprint density at radius 2 is 1.64 bits per heavy atom. The van der Waals surface area contributed by atoms with Gasteiger partial charge in [0.15, 0.2) is 0 Å². The molecular formula is C17H17NO4. The first-order valence-corrected chi connectivity index (χ1v) is 6.73. The molecule has 0 radical (unpaired) electrons. The summed E-state index contributed by atoms with van der Waals surface area (Å²) in [7, 11) is 1.30. The van der Waals surface area contributed by atoms with Gasteiger partial charge in [0.25, 0.3) is 0 Å². The minimum absolute atomic E-state index is 0.155. The van der Waals surface area contributed by atoms with Crippen LogP contribution in [0.5, 0.6) is 0 Å². The fraction of sp³-hybridized carbons (Fsp3) is 0.176. The van der Waals surface area contributed by atoms with Crippen LogP contribution in [0, 0.1) is 13.8 Å². The number of carbonyl (C=O) groups excluding carboxylic acids is 1. The van der Waals surface area contributed by atoms with Crippen molar-refractivity contribution < 1.29 is 19.4 Å². The predicted molar refractivity (Wildman–Crippen MR) is 83.9 cm³/mol. The van der Waals surface area contributed by atoms with Crippen LogP contribution in [0.15, 0.2) is 36.4 Å². The maximum absolute atomic E-state index is 11.8. The van der Waals surface area contributed by atoms with E-state index in [4.69, 9.17) is 4.74 Å². The van der Waals surface area contributed by atoms with Crippen molar-refractivity contribution in [3.63, 3.8) is 0 Å². The van der Waals surface area contributed by atoms with E-state index >= 15 is 0 Å². The largest absolute Gasteiger partial charge is 0.478 e. The van der Waals surface area contributed by atoms with Crippen LogP contribution in [0.2, 0.25) is 0 Å². The van der Waals surface area contributed by atoms with Crippen molar-refractivity contribution in [2.24, 2.45) is 0 Å². The molecule has 0 aliphatic carbocycles. The quantitative estimate of drug-likeness (QED) is 0.845. The third-order valence-corrected chi connectivity index (χ3v) is 3.47. The van der Waals surface area contributed by atoms with Gasteiger partial charge in [-0.05, 0) is 49.2 Å². The van der Waals surface area contributed by atoms with E-state index in [0.29, 0.717) is 16.9 Å². The second-order valence-corrected chi connectivity index (χ2v) is 4.95. The lowest BCUT2D eigenvalue weighted by Crippen LogP contribution is -2.08. The van der Waals surface area contributed by atoms with E-state index in [9.17, 15) is 14.7 Å². The first-order chi connectivity index (χ1) is 10.4. The molecule has 0 heterocycles. The lowest BCUT2D eigenvalue weighted by atomic mass is 10.0. The highest BCUT2D eigenvalue weighted by Gasteiger charge is 2.16. The molecule has 0 atom stereocenters. The summed E-state index contributed by atoms with van der Waals surface area (Å²) in [6.45, 7) is 3.76. The molecule has 0 aliphatic heterocycles. The molecule has 0 amide bonds. The van der Waals surface area contributed by atoms with E-state index in [1.165, 1.54) is 7.11 Å². The minimum Gasteiger partial charge on any atom is -0.478 e. The lowest BCUT2D eigenvalue weighted by Gasteiger charge is -2.14. The Morgan fingerprint density at radius 1 is 1.00 bits per heavy atom. The van der Waals surface area contributed by atoms with Crippen LogP contribution in [0.3, 0.4) is 0 Å². The van der Waals surface area contributed by atoms with Gasteiger partial charge >= 0.3 is 11.9 Å². The molecule has 0 aliphatic rings. The van der Waals surface area contributed by atoms with Gasteiger partial charge in [-0.3, -0.25) is 0 Å². The van der Waals surface area contributed by atoms with Crippen molar-refractivity contribution in [3.8, 4) is 0 Å². The Bertz CT molecular complexity index is 737. The second-order valence-electron chi connectivity index (χ2n) is 4.95. The highest BCUT2D eigenvalue weighted by Crippen LogP contribution is 2.27. The van der Waals surface area contributed by atoms with Gasteiger partial charge in [-0.1, -0.05) is 12.1 Å². The molecule has 0 spiro atoms. The number of ether oxygens (including phenoxy) is 1. The van der Waals surface area contributed by atoms with E-state index in [1.807, 2.05) is 13.8 Å². The van der Waals surface area contributed by atoms with Gasteiger partial charge in [0, 0.05) is 0 Å². The van der Waals surface area contributed by atoms with E-state index in [2.05, 4.69) is 5.32 Å². The number of hydrogen-bond donors (Lipinski definition) is 2. The van der Waals surface area contributed by atoms with E-state index < -0.39 is 11.9 Å². The summed E-state index contributed by atoms with van der Waals surface area (Å²) in [6, 6.07) is 10.2. The average molecular weight is 299 g/mol. The number of aryl methyl sites for hydroxylation is 2. The molecule has 0 unspecified atom stereocenters. The standard InChI is InChI=1S/C17H17NO4/c1-10-8-13(16(19)20)15(9-11(10)2)18-14-7-5-4-6-12(14)17(21)22-3/h4-9,18H,1-3H3,(H,19,20). The van der Waals surface area contributed by atoms with Crippen molar-refractivity contribution in [2.45, 2.75) is 13.8 Å². The van der Waals surface area contributed by atoms with Crippen LogP contribution >= 0.6 is 0 Å². The molecule has 0 saturated carbocycles. The van der Waals surface area contributed by atoms with Crippen LogP contribution in [0.1, 0.15) is 31.8 Å². The molecule has 22 heavy (non-hydrogen) atoms. The highest BCUT2D eigenvalue weighted by atomic mass is 16.5. The fourth-order valence-corrected chi connectivity index (χ4v) is 2.12. The molecule has 2 N–H and O–H groups in total. The number of benzene rings is 2. The van der Waals surface area contributed by atoms with Crippen molar-refractivity contribution in [1.82, 2.24) is 0 Å². The Labute approximate surface area is 128 Å². The van der Waals surface area contributed by atoms with Gasteiger partial charge in [-0.15, -0.1) is 0 Å². The monoisotopic (exact) mass is 299 g/mol. The van der Waals surface area contributed by atoms with Crippen LogP contribution < -0.4 is 5.32 Å². The van der Waals surface area contributed by atoms with Crippen molar-refractivity contribution in [3.05, 3.63) is 58.7 Å². The molecule has 0 aromatic heterocycles. The smallest absolute Gasteiger partial charge is 0.339 e. The average Bonchev–Trinajstić information content (AvgIpc) is 2.50. The van der Waals surface area contributed by atoms with Gasteiger partial charge in [0.2, 0.25) is 0 Å². The number of anilines is 2. The van der Waals surface area contributed by atoms with Crippen molar-refractivity contribution in [1.29, 1.82) is 0 Å². The van der Waals surface area contributed by atoms with E-state index in [-0.39, 0.29) is 5.56 Å². The topological polar surface area (TPSA) is 75.6 Å². The number of carbonyl (C=O) groups is 2. The molecule has 0 fully saturated rings. The molecule has 0 saturated heterocycles. The predicted octanol–water partition coefficient (Wildman–Crippen LogP) is 3.53. The molecule has 0 bridgehead atoms. The van der Waals surface area contributed by atoms with Crippen molar-refractivity contribution >= 4 is 23.3 Å². The molecule has 2 rings (SSSR count). The van der Waals surface area contributed by atoms with Gasteiger partial charge in [0.1, 0.15) is 0 Å². The Morgan fingerprint density at radius 3 is 2.27 bits per heavy atom. The maximum Gasteiger partial charge on any atom is 0.339 e. The summed E-state index contributed by atoms with van der Waals surface area (Å²) in [6.07, 6.45) is 0. The Hall–Kier alpha value is -2.82. The minimum atomic E-state index is -1.03. The molecular weight excluding hydrogens is 282 g/mol.